The molecule has 0 saturated carbocycles. The highest BCUT2D eigenvalue weighted by Gasteiger charge is 2.29. The van der Waals surface area contributed by atoms with E-state index in [4.69, 9.17) is 4.74 Å². The summed E-state index contributed by atoms with van der Waals surface area (Å²) in [7, 11) is -1.02. The summed E-state index contributed by atoms with van der Waals surface area (Å²) in [6.45, 7) is 8.10. The van der Waals surface area contributed by atoms with Crippen LogP contribution in [0.1, 0.15) is 6.42 Å². The number of hydrogen-bond acceptors (Lipinski definition) is 2. The largest absolute Gasteiger partial charge is 0.371 e. The molecule has 60 valence electrons. The number of hydrogen-bond donors (Lipinski definition) is 0. The van der Waals surface area contributed by atoms with E-state index in [1.165, 1.54) is 12.2 Å². The van der Waals surface area contributed by atoms with Crippen molar-refractivity contribution in [3.63, 3.8) is 0 Å². The molecule has 0 aliphatic carbocycles. The van der Waals surface area contributed by atoms with Gasteiger partial charge in [-0.25, -0.2) is 0 Å². The Morgan fingerprint density at radius 2 is 2.10 bits per heavy atom. The van der Waals surface area contributed by atoms with Gasteiger partial charge in [-0.05, 0) is 12.2 Å². The van der Waals surface area contributed by atoms with Crippen LogP contribution in [0.25, 0.3) is 0 Å². The van der Waals surface area contributed by atoms with Crippen LogP contribution in [0.15, 0.2) is 0 Å². The zero-order valence-electron chi connectivity index (χ0n) is 7.02. The molecule has 10 heavy (non-hydrogen) atoms. The molecule has 1 heterocycles. The normalized spacial score (nSPS) is 28.5. The predicted molar refractivity (Wildman–Crippen MR) is 50.2 cm³/mol. The van der Waals surface area contributed by atoms with Gasteiger partial charge in [0.05, 0.1) is 13.1 Å². The lowest BCUT2D eigenvalue weighted by Gasteiger charge is -2.31. The Kier molecular flexibility index (Phi) is 2.83. The third kappa shape index (κ3) is 2.29. The lowest BCUT2D eigenvalue weighted by Crippen LogP contribution is -2.40. The first-order chi connectivity index (χ1) is 4.61. The predicted octanol–water partition coefficient (Wildman–Crippen LogP) is 2.34. The SMILES string of the molecule is C[Si](C)(C)C1OCCCS1. The fourth-order valence-electron chi connectivity index (χ4n) is 0.988. The van der Waals surface area contributed by atoms with Gasteiger partial charge in [0.25, 0.3) is 0 Å². The van der Waals surface area contributed by atoms with E-state index < -0.39 is 8.07 Å². The molecule has 1 aliphatic rings. The van der Waals surface area contributed by atoms with Crippen LogP contribution in [-0.4, -0.2) is 25.5 Å². The van der Waals surface area contributed by atoms with E-state index in [1.807, 2.05) is 11.8 Å². The minimum Gasteiger partial charge on any atom is -0.371 e. The first-order valence-electron chi connectivity index (χ1n) is 3.84. The minimum absolute atomic E-state index is 0.557. The average molecular weight is 176 g/mol. The van der Waals surface area contributed by atoms with Crippen molar-refractivity contribution in [2.24, 2.45) is 0 Å². The van der Waals surface area contributed by atoms with Crippen LogP contribution in [-0.2, 0) is 4.74 Å². The second kappa shape index (κ2) is 3.28. The maximum Gasteiger partial charge on any atom is 0.0914 e. The zero-order chi connectivity index (χ0) is 7.61. The molecule has 0 bridgehead atoms. The summed E-state index contributed by atoms with van der Waals surface area (Å²) < 4.78 is 5.67. The summed E-state index contributed by atoms with van der Waals surface area (Å²) in [5, 5.41) is 0.557. The van der Waals surface area contributed by atoms with E-state index in [0.29, 0.717) is 5.06 Å². The van der Waals surface area contributed by atoms with Gasteiger partial charge in [0, 0.05) is 6.61 Å². The second-order valence-electron chi connectivity index (χ2n) is 3.79. The van der Waals surface area contributed by atoms with Gasteiger partial charge in [-0.2, -0.15) is 0 Å². The van der Waals surface area contributed by atoms with E-state index in [1.54, 1.807) is 0 Å². The first kappa shape index (κ1) is 8.62. The van der Waals surface area contributed by atoms with Gasteiger partial charge >= 0.3 is 0 Å². The molecule has 1 aliphatic heterocycles. The molecule has 1 saturated heterocycles. The van der Waals surface area contributed by atoms with Crippen molar-refractivity contribution >= 4 is 19.8 Å². The fourth-order valence-corrected chi connectivity index (χ4v) is 4.65. The van der Waals surface area contributed by atoms with Gasteiger partial charge in [-0.1, -0.05) is 19.6 Å². The van der Waals surface area contributed by atoms with E-state index >= 15 is 0 Å². The smallest absolute Gasteiger partial charge is 0.0914 e. The third-order valence-electron chi connectivity index (χ3n) is 1.53. The van der Waals surface area contributed by atoms with Crippen molar-refractivity contribution in [2.45, 2.75) is 31.1 Å². The summed E-state index contributed by atoms with van der Waals surface area (Å²) in [4.78, 5) is 0. The molecule has 1 unspecified atom stereocenters. The third-order valence-corrected chi connectivity index (χ3v) is 6.70. The number of thioether (sulfide) groups is 1. The average Bonchev–Trinajstić information content (AvgIpc) is 1.88. The van der Waals surface area contributed by atoms with Crippen molar-refractivity contribution in [3.05, 3.63) is 0 Å². The van der Waals surface area contributed by atoms with Crippen LogP contribution in [0.2, 0.25) is 19.6 Å². The molecule has 3 heteroatoms. The topological polar surface area (TPSA) is 9.23 Å². The Morgan fingerprint density at radius 1 is 1.40 bits per heavy atom. The summed E-state index contributed by atoms with van der Waals surface area (Å²) in [6, 6.07) is 0. The molecule has 1 fully saturated rings. The highest BCUT2D eigenvalue weighted by molar-refractivity contribution is 8.01. The molecule has 0 N–H and O–H groups in total. The van der Waals surface area contributed by atoms with Crippen molar-refractivity contribution in [1.29, 1.82) is 0 Å². The Hall–Kier alpha value is 0.527. The summed E-state index contributed by atoms with van der Waals surface area (Å²) in [6.07, 6.45) is 1.24. The van der Waals surface area contributed by atoms with E-state index in [-0.39, 0.29) is 0 Å². The van der Waals surface area contributed by atoms with Crippen molar-refractivity contribution < 1.29 is 4.74 Å². The Bertz CT molecular complexity index is 105. The number of rotatable bonds is 1. The van der Waals surface area contributed by atoms with Gasteiger partial charge in [-0.3, -0.25) is 0 Å². The van der Waals surface area contributed by atoms with E-state index in [9.17, 15) is 0 Å². The van der Waals surface area contributed by atoms with Crippen LogP contribution >= 0.6 is 11.8 Å². The minimum atomic E-state index is -1.02. The van der Waals surface area contributed by atoms with Gasteiger partial charge < -0.3 is 4.74 Å². The molecular formula is C7H16OSSi. The van der Waals surface area contributed by atoms with Crippen LogP contribution in [0.5, 0.6) is 0 Å². The van der Waals surface area contributed by atoms with Crippen molar-refractivity contribution in [2.75, 3.05) is 12.4 Å². The molecule has 0 aromatic heterocycles. The molecule has 0 amide bonds. The second-order valence-corrected chi connectivity index (χ2v) is 10.6. The van der Waals surface area contributed by atoms with Gasteiger partial charge in [0.1, 0.15) is 0 Å². The standard InChI is InChI=1S/C7H16OSSi/c1-10(2,3)7-8-5-4-6-9-7/h7H,4-6H2,1-3H3. The van der Waals surface area contributed by atoms with Crippen LogP contribution in [0.4, 0.5) is 0 Å². The molecule has 1 rings (SSSR count). The molecule has 1 nitrogen and oxygen atoms in total. The Morgan fingerprint density at radius 3 is 2.40 bits per heavy atom. The van der Waals surface area contributed by atoms with E-state index in [0.717, 1.165) is 6.61 Å². The molecule has 0 radical (unpaired) electrons. The summed E-state index contributed by atoms with van der Waals surface area (Å²) in [5.74, 6) is 1.30. The molecule has 0 spiro atoms. The first-order valence-corrected chi connectivity index (χ1v) is 8.46. The summed E-state index contributed by atoms with van der Waals surface area (Å²) >= 11 is 2.01. The lowest BCUT2D eigenvalue weighted by molar-refractivity contribution is 0.145. The van der Waals surface area contributed by atoms with E-state index in [2.05, 4.69) is 19.6 Å². The number of ether oxygens (including phenoxy) is 1. The Labute approximate surface area is 68.5 Å². The van der Waals surface area contributed by atoms with Crippen LogP contribution in [0, 0.1) is 0 Å². The quantitative estimate of drug-likeness (QED) is 0.567. The molecule has 1 atom stereocenters. The highest BCUT2D eigenvalue weighted by Crippen LogP contribution is 2.27. The van der Waals surface area contributed by atoms with Gasteiger partial charge in [0.15, 0.2) is 0 Å². The van der Waals surface area contributed by atoms with Crippen LogP contribution < -0.4 is 0 Å². The van der Waals surface area contributed by atoms with Crippen LogP contribution in [0.3, 0.4) is 0 Å². The zero-order valence-corrected chi connectivity index (χ0v) is 8.83. The summed E-state index contributed by atoms with van der Waals surface area (Å²) in [5.41, 5.74) is 0. The maximum absolute atomic E-state index is 5.67. The lowest BCUT2D eigenvalue weighted by atomic mass is 10.5. The maximum atomic E-state index is 5.67. The molecular weight excluding hydrogens is 160 g/mol. The van der Waals surface area contributed by atoms with Crippen molar-refractivity contribution in [1.82, 2.24) is 0 Å². The molecule has 0 aromatic carbocycles. The van der Waals surface area contributed by atoms with Crippen molar-refractivity contribution in [3.8, 4) is 0 Å². The van der Waals surface area contributed by atoms with Gasteiger partial charge in [-0.15, -0.1) is 11.8 Å². The molecule has 0 aromatic rings. The monoisotopic (exact) mass is 176 g/mol. The fraction of sp³-hybridized carbons (Fsp3) is 1.00. The highest BCUT2D eigenvalue weighted by atomic mass is 32.2. The Balaban J connectivity index is 2.39. The van der Waals surface area contributed by atoms with Gasteiger partial charge in [0.2, 0.25) is 0 Å².